The average Bonchev–Trinajstić information content (AvgIpc) is 2.86. The number of nitrogens with zero attached hydrogens (tertiary/aromatic N) is 2. The number of carboxylic acids is 1. The highest BCUT2D eigenvalue weighted by atomic mass is 31.2. The Morgan fingerprint density at radius 2 is 1.27 bits per heavy atom. The van der Waals surface area contributed by atoms with Crippen LogP contribution in [0.15, 0.2) is 4.76 Å². The van der Waals surface area contributed by atoms with E-state index in [0.717, 1.165) is 17.7 Å². The maximum absolute atomic E-state index is 14.0. The Bertz CT molecular complexity index is 812. The van der Waals surface area contributed by atoms with E-state index in [2.05, 4.69) is 4.76 Å². The van der Waals surface area contributed by atoms with Crippen molar-refractivity contribution < 1.29 is 52.1 Å². The highest BCUT2D eigenvalue weighted by Gasteiger charge is 2.39. The van der Waals surface area contributed by atoms with Crippen LogP contribution in [0, 0.1) is 11.8 Å². The minimum absolute atomic E-state index is 0.113. The van der Waals surface area contributed by atoms with Crippen LogP contribution in [0.2, 0.25) is 0 Å². The van der Waals surface area contributed by atoms with Gasteiger partial charge >= 0.3 is 26.0 Å². The summed E-state index contributed by atoms with van der Waals surface area (Å²) in [5, 5.41) is 9.61. The van der Waals surface area contributed by atoms with Crippen molar-refractivity contribution in [3.8, 4) is 0 Å². The van der Waals surface area contributed by atoms with Gasteiger partial charge in [0.15, 0.2) is 0 Å². The Morgan fingerprint density at radius 3 is 1.60 bits per heavy atom. The third-order valence-corrected chi connectivity index (χ3v) is 6.72. The second-order valence-electron chi connectivity index (χ2n) is 9.76. The second kappa shape index (κ2) is 19.5. The van der Waals surface area contributed by atoms with Gasteiger partial charge in [0.2, 0.25) is 18.5 Å². The van der Waals surface area contributed by atoms with Gasteiger partial charge in [0, 0.05) is 18.9 Å². The Morgan fingerprint density at radius 1 is 0.850 bits per heavy atom. The molecule has 14 nitrogen and oxygen atoms in total. The highest BCUT2D eigenvalue weighted by molar-refractivity contribution is 7.52. The molecule has 0 aromatic heterocycles. The third kappa shape index (κ3) is 14.7. The normalized spacial score (nSPS) is 15.6. The Balaban J connectivity index is 6.27. The summed E-state index contributed by atoms with van der Waals surface area (Å²) in [6.45, 7) is 12.3. The Kier molecular flexibility index (Phi) is 18.2. The first-order chi connectivity index (χ1) is 18.7. The standard InChI is InChI=1S/C25H48N3O11P/c1-9-12-15-34-24(31)36-21(17(4)5)38-40(33,27-23(26)28(8)19(14-11-3)20(29)30)39-22(18(6)7)37-25(32)35-16-13-10-2/h17-19,21-22H,9-16H2,1-8H3,(H,29,30)(H2,26,27,33). The highest BCUT2D eigenvalue weighted by Crippen LogP contribution is 2.54. The monoisotopic (exact) mass is 597 g/mol. The maximum atomic E-state index is 14.0. The van der Waals surface area contributed by atoms with Gasteiger partial charge in [-0.15, -0.1) is 4.76 Å². The van der Waals surface area contributed by atoms with Crippen molar-refractivity contribution >= 4 is 32.0 Å². The van der Waals surface area contributed by atoms with Crippen LogP contribution in [0.5, 0.6) is 0 Å². The van der Waals surface area contributed by atoms with Gasteiger partial charge in [-0.2, -0.15) is 0 Å². The molecule has 3 unspecified atom stereocenters. The molecule has 234 valence electrons. The molecular weight excluding hydrogens is 549 g/mol. The molecule has 0 radical (unpaired) electrons. The van der Waals surface area contributed by atoms with E-state index in [0.29, 0.717) is 19.3 Å². The van der Waals surface area contributed by atoms with E-state index < -0.39 is 62.4 Å². The first kappa shape index (κ1) is 37.4. The topological polar surface area (TPSA) is 186 Å². The number of ether oxygens (including phenoxy) is 4. The molecule has 0 saturated heterocycles. The molecule has 0 aliphatic heterocycles. The molecule has 0 aromatic rings. The van der Waals surface area contributed by atoms with E-state index in [1.54, 1.807) is 34.6 Å². The molecule has 0 aliphatic rings. The molecule has 3 atom stereocenters. The fraction of sp³-hybridized carbons (Fsp3) is 0.840. The fourth-order valence-electron chi connectivity index (χ4n) is 2.86. The molecule has 0 fully saturated rings. The van der Waals surface area contributed by atoms with E-state index in [9.17, 15) is 24.1 Å². The van der Waals surface area contributed by atoms with Gasteiger partial charge in [0.05, 0.1) is 13.2 Å². The molecule has 0 spiro atoms. The summed E-state index contributed by atoms with van der Waals surface area (Å²) in [7, 11) is -3.39. The lowest BCUT2D eigenvalue weighted by atomic mass is 10.1. The fourth-order valence-corrected chi connectivity index (χ4v) is 4.50. The molecule has 0 aromatic carbocycles. The number of hydrogen-bond donors (Lipinski definition) is 2. The average molecular weight is 598 g/mol. The van der Waals surface area contributed by atoms with Crippen LogP contribution < -0.4 is 5.73 Å². The van der Waals surface area contributed by atoms with E-state index in [1.807, 2.05) is 13.8 Å². The van der Waals surface area contributed by atoms with E-state index in [-0.39, 0.29) is 19.6 Å². The van der Waals surface area contributed by atoms with Crippen molar-refractivity contribution in [1.29, 1.82) is 0 Å². The molecule has 0 rings (SSSR count). The quantitative estimate of drug-likeness (QED) is 0.0475. The molecule has 3 N–H and O–H groups in total. The van der Waals surface area contributed by atoms with Crippen LogP contribution in [-0.2, 0) is 37.4 Å². The lowest BCUT2D eigenvalue weighted by molar-refractivity contribution is -0.141. The summed E-state index contributed by atoms with van der Waals surface area (Å²) < 4.78 is 49.6. The number of likely N-dealkylation sites (N-methyl/N-ethyl adjacent to an activating group) is 1. The summed E-state index contributed by atoms with van der Waals surface area (Å²) in [4.78, 5) is 37.3. The molecular formula is C25H48N3O11P. The van der Waals surface area contributed by atoms with E-state index >= 15 is 0 Å². The number of aliphatic carboxylic acids is 1. The van der Waals surface area contributed by atoms with Crippen LogP contribution in [0.1, 0.15) is 87.0 Å². The predicted octanol–water partition coefficient (Wildman–Crippen LogP) is 5.50. The number of rotatable bonds is 19. The Hall–Kier alpha value is -2.57. The van der Waals surface area contributed by atoms with Crippen molar-refractivity contribution in [2.24, 2.45) is 22.3 Å². The van der Waals surface area contributed by atoms with Crippen LogP contribution in [0.3, 0.4) is 0 Å². The minimum atomic E-state index is -4.75. The van der Waals surface area contributed by atoms with Crippen LogP contribution >= 0.6 is 7.75 Å². The molecule has 15 heteroatoms. The van der Waals surface area contributed by atoms with Crippen molar-refractivity contribution in [2.75, 3.05) is 20.3 Å². The number of unbranched alkanes of at least 4 members (excludes halogenated alkanes) is 2. The second-order valence-corrected chi connectivity index (χ2v) is 11.3. The van der Waals surface area contributed by atoms with Gasteiger partial charge in [0.1, 0.15) is 6.04 Å². The lowest BCUT2D eigenvalue weighted by Crippen LogP contribution is -2.46. The molecule has 0 aliphatic carbocycles. The van der Waals surface area contributed by atoms with Crippen LogP contribution in [0.25, 0.3) is 0 Å². The first-order valence-corrected chi connectivity index (χ1v) is 15.2. The number of guanidine groups is 1. The van der Waals surface area contributed by atoms with Gasteiger partial charge in [-0.1, -0.05) is 67.7 Å². The van der Waals surface area contributed by atoms with Crippen molar-refractivity contribution in [1.82, 2.24) is 4.90 Å². The van der Waals surface area contributed by atoms with Gasteiger partial charge in [-0.25, -0.2) is 28.0 Å². The van der Waals surface area contributed by atoms with Crippen LogP contribution in [-0.4, -0.2) is 73.1 Å². The zero-order chi connectivity index (χ0) is 30.9. The zero-order valence-electron chi connectivity index (χ0n) is 25.0. The summed E-state index contributed by atoms with van der Waals surface area (Å²) in [5.74, 6) is -2.77. The van der Waals surface area contributed by atoms with Crippen molar-refractivity contribution in [3.05, 3.63) is 0 Å². The summed E-state index contributed by atoms with van der Waals surface area (Å²) in [6.07, 6.45) is -1.53. The molecule has 0 bridgehead atoms. The number of carboxylic acid groups (broad SMARTS) is 1. The number of nitrogens with two attached hydrogens (primary N) is 1. The first-order valence-electron chi connectivity index (χ1n) is 13.7. The molecule has 40 heavy (non-hydrogen) atoms. The summed E-state index contributed by atoms with van der Waals surface area (Å²) in [5.41, 5.74) is 6.06. The van der Waals surface area contributed by atoms with Crippen LogP contribution in [0.4, 0.5) is 9.59 Å². The summed E-state index contributed by atoms with van der Waals surface area (Å²) in [6, 6.07) is -1.08. The third-order valence-electron chi connectivity index (χ3n) is 5.32. The zero-order valence-corrected chi connectivity index (χ0v) is 25.9. The number of carbonyl (C=O) groups is 3. The maximum Gasteiger partial charge on any atom is 0.510 e. The SMILES string of the molecule is CCCCOC(=O)OC(OP(=O)(N=C(N)N(C)C(CCC)C(=O)O)OC(OC(=O)OCCCC)C(C)C)C(C)C. The van der Waals surface area contributed by atoms with Gasteiger partial charge in [0.25, 0.3) is 0 Å². The lowest BCUT2D eigenvalue weighted by Gasteiger charge is -2.30. The number of carbonyl (C=O) groups excluding carboxylic acids is 2. The molecule has 0 amide bonds. The predicted molar refractivity (Wildman–Crippen MR) is 147 cm³/mol. The van der Waals surface area contributed by atoms with Gasteiger partial charge < -0.3 is 34.7 Å². The Labute approximate surface area is 237 Å². The van der Waals surface area contributed by atoms with Gasteiger partial charge in [-0.05, 0) is 19.3 Å². The molecule has 0 saturated carbocycles. The smallest absolute Gasteiger partial charge is 0.480 e. The number of hydrogen-bond acceptors (Lipinski definition) is 10. The van der Waals surface area contributed by atoms with Gasteiger partial charge in [-0.3, -0.25) is 0 Å². The molecule has 0 heterocycles. The van der Waals surface area contributed by atoms with Crippen molar-refractivity contribution in [2.45, 2.75) is 106 Å². The van der Waals surface area contributed by atoms with E-state index in [1.165, 1.54) is 7.05 Å². The van der Waals surface area contributed by atoms with E-state index in [4.69, 9.17) is 33.7 Å². The largest absolute Gasteiger partial charge is 0.510 e. The minimum Gasteiger partial charge on any atom is -0.480 e. The summed E-state index contributed by atoms with van der Waals surface area (Å²) >= 11 is 0. The van der Waals surface area contributed by atoms with Crippen molar-refractivity contribution in [3.63, 3.8) is 0 Å².